The molecule has 2 N–H and O–H groups in total. The second-order valence-corrected chi connectivity index (χ2v) is 14.8. The van der Waals surface area contributed by atoms with E-state index in [1.54, 1.807) is 39.5 Å². The number of hydrogen-bond acceptors (Lipinski definition) is 9. The summed E-state index contributed by atoms with van der Waals surface area (Å²) in [7, 11) is 3.20. The van der Waals surface area contributed by atoms with Crippen LogP contribution in [0.15, 0.2) is 48.7 Å². The number of likely N-dealkylation sites (tertiary alicyclic amines) is 2. The monoisotopic (exact) mass is 705 g/mol. The zero-order chi connectivity index (χ0) is 36.1. The predicted octanol–water partition coefficient (Wildman–Crippen LogP) is 4.86. The van der Waals surface area contributed by atoms with E-state index in [4.69, 9.17) is 24.4 Å². The molecule has 8 rings (SSSR count). The second-order valence-electron chi connectivity index (χ2n) is 14.8. The summed E-state index contributed by atoms with van der Waals surface area (Å²) in [5.41, 5.74) is 7.58. The molecule has 0 radical (unpaired) electrons. The predicted molar refractivity (Wildman–Crippen MR) is 194 cm³/mol. The van der Waals surface area contributed by atoms with Gasteiger partial charge >= 0.3 is 0 Å². The number of benzene rings is 2. The number of fused-ring (bicyclic) bond motifs is 1. The van der Waals surface area contributed by atoms with Crippen LogP contribution in [0.3, 0.4) is 0 Å². The standard InChI is InChI=1S/C40H44FN7O4/c1-23-27(7-5-8-28(23)33-17-43-34(38(46-33)51-3)18-47-19-40(20-47)21-48(22-40)24(2)49)29-9-6-10-30(37(29)41)32-15-25-11-13-31(36(25)39(45-32)52-4)42-16-26-12-14-35(50)44-26/h5-10,15,17,26,31,42H,11-14,16,18-22H2,1-4H3,(H,44,50)/t26-,31-/m0/s1. The normalized spacial score (nSPS) is 20.3. The van der Waals surface area contributed by atoms with Crippen molar-refractivity contribution < 1.29 is 23.5 Å². The van der Waals surface area contributed by atoms with Crippen molar-refractivity contribution >= 4 is 11.8 Å². The molecule has 12 heteroatoms. The SMILES string of the molecule is COc1nc(-c2cccc(-c3cccc(-c4cc5c(c(OC)n4)[C@@H](NC[C@@H]4CCC(=O)N4)CC5)c3F)c2C)cnc1CN1CC2(C1)CN(C(C)=O)C2. The first-order valence-corrected chi connectivity index (χ1v) is 18.0. The number of hydrogen-bond donors (Lipinski definition) is 2. The third kappa shape index (κ3) is 6.17. The van der Waals surface area contributed by atoms with Crippen molar-refractivity contribution in [2.24, 2.45) is 5.41 Å². The summed E-state index contributed by atoms with van der Waals surface area (Å²) in [5.74, 6) is 0.839. The van der Waals surface area contributed by atoms with Crippen LogP contribution < -0.4 is 20.1 Å². The Morgan fingerprint density at radius 1 is 0.962 bits per heavy atom. The maximum Gasteiger partial charge on any atom is 0.237 e. The molecule has 0 saturated carbocycles. The van der Waals surface area contributed by atoms with Crippen molar-refractivity contribution in [2.75, 3.05) is 46.9 Å². The summed E-state index contributed by atoms with van der Waals surface area (Å²) in [4.78, 5) is 41.9. The summed E-state index contributed by atoms with van der Waals surface area (Å²) in [6.45, 7) is 8.37. The third-order valence-electron chi connectivity index (χ3n) is 11.2. The first-order chi connectivity index (χ1) is 25.1. The maximum atomic E-state index is 16.6. The van der Waals surface area contributed by atoms with Gasteiger partial charge in [0.25, 0.3) is 0 Å². The molecule has 3 saturated heterocycles. The van der Waals surface area contributed by atoms with Gasteiger partial charge in [0.05, 0.1) is 31.8 Å². The Morgan fingerprint density at radius 3 is 2.38 bits per heavy atom. The molecule has 270 valence electrons. The fourth-order valence-electron chi connectivity index (χ4n) is 8.57. The average molecular weight is 706 g/mol. The van der Waals surface area contributed by atoms with Gasteiger partial charge in [0, 0.05) is 92.4 Å². The van der Waals surface area contributed by atoms with Gasteiger partial charge in [-0.2, -0.15) is 0 Å². The van der Waals surface area contributed by atoms with Crippen LogP contribution >= 0.6 is 0 Å². The zero-order valence-electron chi connectivity index (χ0n) is 30.1. The van der Waals surface area contributed by atoms with Gasteiger partial charge in [0.15, 0.2) is 0 Å². The van der Waals surface area contributed by atoms with Gasteiger partial charge in [-0.15, -0.1) is 0 Å². The van der Waals surface area contributed by atoms with E-state index in [0.29, 0.717) is 53.8 Å². The number of aryl methyl sites for hydroxylation is 1. The lowest BCUT2D eigenvalue weighted by atomic mass is 9.73. The van der Waals surface area contributed by atoms with Crippen molar-refractivity contribution in [2.45, 2.75) is 58.2 Å². The fraction of sp³-hybridized carbons (Fsp3) is 0.425. The van der Waals surface area contributed by atoms with Crippen LogP contribution in [0.4, 0.5) is 4.39 Å². The molecule has 3 aliphatic heterocycles. The second kappa shape index (κ2) is 13.6. The Labute approximate surface area is 303 Å². The maximum absolute atomic E-state index is 16.6. The van der Waals surface area contributed by atoms with Crippen molar-refractivity contribution in [1.29, 1.82) is 0 Å². The van der Waals surface area contributed by atoms with E-state index >= 15 is 4.39 Å². The quantitative estimate of drug-likeness (QED) is 0.239. The molecular formula is C40H44FN7O4. The third-order valence-corrected chi connectivity index (χ3v) is 11.2. The Morgan fingerprint density at radius 2 is 1.67 bits per heavy atom. The topological polar surface area (TPSA) is 122 Å². The van der Waals surface area contributed by atoms with Crippen molar-refractivity contribution in [3.8, 4) is 45.4 Å². The van der Waals surface area contributed by atoms with Gasteiger partial charge < -0.3 is 25.0 Å². The fourth-order valence-corrected chi connectivity index (χ4v) is 8.57. The van der Waals surface area contributed by atoms with Crippen LogP contribution in [0.1, 0.15) is 54.6 Å². The lowest BCUT2D eigenvalue weighted by Gasteiger charge is -2.60. The van der Waals surface area contributed by atoms with E-state index in [2.05, 4.69) is 15.5 Å². The number of halogens is 1. The summed E-state index contributed by atoms with van der Waals surface area (Å²) < 4.78 is 28.1. The average Bonchev–Trinajstić information content (AvgIpc) is 3.73. The van der Waals surface area contributed by atoms with Gasteiger partial charge in [-0.1, -0.05) is 30.3 Å². The van der Waals surface area contributed by atoms with Crippen molar-refractivity contribution in [1.82, 2.24) is 35.4 Å². The van der Waals surface area contributed by atoms with Gasteiger partial charge in [-0.25, -0.2) is 14.4 Å². The Hall–Kier alpha value is -4.94. The highest BCUT2D eigenvalue weighted by Gasteiger charge is 2.52. The van der Waals surface area contributed by atoms with Crippen LogP contribution in [0.5, 0.6) is 11.8 Å². The summed E-state index contributed by atoms with van der Waals surface area (Å²) in [5, 5.41) is 6.61. The Kier molecular flexibility index (Phi) is 8.91. The lowest BCUT2D eigenvalue weighted by Crippen LogP contribution is -2.72. The highest BCUT2D eigenvalue weighted by molar-refractivity contribution is 5.80. The summed E-state index contributed by atoms with van der Waals surface area (Å²) in [6.07, 6.45) is 4.85. The van der Waals surface area contributed by atoms with E-state index in [1.165, 1.54) is 0 Å². The smallest absolute Gasteiger partial charge is 0.237 e. The molecule has 52 heavy (non-hydrogen) atoms. The van der Waals surface area contributed by atoms with Crippen LogP contribution in [0.25, 0.3) is 33.6 Å². The number of aromatic nitrogens is 3. The zero-order valence-corrected chi connectivity index (χ0v) is 30.1. The molecule has 11 nitrogen and oxygen atoms in total. The lowest BCUT2D eigenvalue weighted by molar-refractivity contribution is -0.157. The van der Waals surface area contributed by atoms with E-state index < -0.39 is 0 Å². The van der Waals surface area contributed by atoms with Crippen LogP contribution in [0, 0.1) is 18.2 Å². The number of carbonyl (C=O) groups excluding carboxylic acids is 2. The Balaban J connectivity index is 1.02. The summed E-state index contributed by atoms with van der Waals surface area (Å²) >= 11 is 0. The number of carbonyl (C=O) groups is 2. The van der Waals surface area contributed by atoms with Gasteiger partial charge in [-0.05, 0) is 55.0 Å². The largest absolute Gasteiger partial charge is 0.481 e. The molecule has 4 aliphatic rings. The number of amides is 2. The number of nitrogens with zero attached hydrogens (tertiary/aromatic N) is 5. The van der Waals surface area contributed by atoms with Gasteiger partial charge in [0.1, 0.15) is 11.5 Å². The van der Waals surface area contributed by atoms with Gasteiger partial charge in [0.2, 0.25) is 23.6 Å². The number of pyridine rings is 1. The number of rotatable bonds is 10. The molecule has 4 aromatic rings. The number of ether oxygens (including phenoxy) is 2. The molecule has 2 aromatic heterocycles. The molecule has 3 fully saturated rings. The van der Waals surface area contributed by atoms with E-state index in [9.17, 15) is 9.59 Å². The minimum Gasteiger partial charge on any atom is -0.481 e. The van der Waals surface area contributed by atoms with Crippen LogP contribution in [-0.2, 0) is 22.6 Å². The molecule has 5 heterocycles. The molecule has 2 atom stereocenters. The Bertz CT molecular complexity index is 2060. The first kappa shape index (κ1) is 34.2. The van der Waals surface area contributed by atoms with E-state index in [-0.39, 0.29) is 35.1 Å². The highest BCUT2D eigenvalue weighted by Crippen LogP contribution is 2.43. The number of methoxy groups -OCH3 is 2. The molecule has 1 aliphatic carbocycles. The molecule has 2 amide bonds. The first-order valence-electron chi connectivity index (χ1n) is 18.0. The highest BCUT2D eigenvalue weighted by atomic mass is 19.1. The van der Waals surface area contributed by atoms with E-state index in [0.717, 1.165) is 79.0 Å². The molecule has 0 bridgehead atoms. The van der Waals surface area contributed by atoms with E-state index in [1.807, 2.05) is 42.2 Å². The number of nitrogens with one attached hydrogen (secondary N) is 2. The molecular weight excluding hydrogens is 661 g/mol. The van der Waals surface area contributed by atoms with Crippen molar-refractivity contribution in [3.63, 3.8) is 0 Å². The van der Waals surface area contributed by atoms with Crippen LogP contribution in [0.2, 0.25) is 0 Å². The molecule has 2 aromatic carbocycles. The van der Waals surface area contributed by atoms with Crippen molar-refractivity contribution in [3.05, 3.63) is 76.9 Å². The van der Waals surface area contributed by atoms with Gasteiger partial charge in [-0.3, -0.25) is 19.5 Å². The van der Waals surface area contributed by atoms with Crippen LogP contribution in [-0.4, -0.2) is 89.6 Å². The minimum atomic E-state index is -0.355. The molecule has 1 spiro atoms. The minimum absolute atomic E-state index is 0.0524. The summed E-state index contributed by atoms with van der Waals surface area (Å²) in [6, 6.07) is 13.4. The molecule has 0 unspecified atom stereocenters.